The first-order chi connectivity index (χ1) is 13.1. The van der Waals surface area contributed by atoms with Crippen LogP contribution in [0.2, 0.25) is 0 Å². The molecule has 0 radical (unpaired) electrons. The summed E-state index contributed by atoms with van der Waals surface area (Å²) in [6, 6.07) is 9.42. The predicted molar refractivity (Wildman–Crippen MR) is 111 cm³/mol. The molecule has 2 rings (SSSR count). The second-order valence-corrected chi connectivity index (χ2v) is 8.50. The Morgan fingerprint density at radius 1 is 1.04 bits per heavy atom. The van der Waals surface area contributed by atoms with Gasteiger partial charge in [-0.2, -0.15) is 0 Å². The number of methoxy groups -OCH3 is 2. The molecule has 0 aromatic heterocycles. The Kier molecular flexibility index (Phi) is 6.56. The number of hydrogen-bond acceptors (Lipinski definition) is 5. The van der Waals surface area contributed by atoms with Crippen LogP contribution in [0.1, 0.15) is 18.1 Å². The van der Waals surface area contributed by atoms with Gasteiger partial charge in [0.2, 0.25) is 15.9 Å². The summed E-state index contributed by atoms with van der Waals surface area (Å²) >= 11 is 0. The number of aryl methyl sites for hydroxylation is 2. The molecule has 152 valence electrons. The largest absolute Gasteiger partial charge is 0.497 e. The number of carbonyl (C=O) groups is 1. The molecule has 2 aromatic carbocycles. The van der Waals surface area contributed by atoms with Crippen molar-refractivity contribution in [2.24, 2.45) is 0 Å². The van der Waals surface area contributed by atoms with E-state index in [9.17, 15) is 13.2 Å². The number of ether oxygens (including phenoxy) is 2. The highest BCUT2D eigenvalue weighted by Crippen LogP contribution is 2.30. The monoisotopic (exact) mass is 406 g/mol. The van der Waals surface area contributed by atoms with Crippen molar-refractivity contribution in [1.82, 2.24) is 0 Å². The first kappa shape index (κ1) is 21.6. The first-order valence-corrected chi connectivity index (χ1v) is 10.5. The zero-order valence-corrected chi connectivity index (χ0v) is 17.8. The minimum Gasteiger partial charge on any atom is -0.497 e. The van der Waals surface area contributed by atoms with E-state index in [1.807, 2.05) is 19.9 Å². The fourth-order valence-corrected chi connectivity index (χ4v) is 4.18. The van der Waals surface area contributed by atoms with Crippen LogP contribution in [-0.4, -0.2) is 40.8 Å². The summed E-state index contributed by atoms with van der Waals surface area (Å²) in [4.78, 5) is 12.9. The van der Waals surface area contributed by atoms with E-state index in [2.05, 4.69) is 5.32 Å². The van der Waals surface area contributed by atoms with E-state index >= 15 is 0 Å². The lowest BCUT2D eigenvalue weighted by atomic mass is 10.1. The zero-order valence-electron chi connectivity index (χ0n) is 16.9. The summed E-state index contributed by atoms with van der Waals surface area (Å²) in [5.41, 5.74) is 2.69. The van der Waals surface area contributed by atoms with Crippen molar-refractivity contribution >= 4 is 27.3 Å². The molecule has 0 fully saturated rings. The first-order valence-electron chi connectivity index (χ1n) is 8.67. The van der Waals surface area contributed by atoms with Gasteiger partial charge in [-0.05, 0) is 56.2 Å². The number of nitrogens with one attached hydrogen (secondary N) is 1. The van der Waals surface area contributed by atoms with E-state index < -0.39 is 22.0 Å². The van der Waals surface area contributed by atoms with Crippen LogP contribution in [0, 0.1) is 13.8 Å². The summed E-state index contributed by atoms with van der Waals surface area (Å²) in [7, 11) is -0.684. The highest BCUT2D eigenvalue weighted by atomic mass is 32.2. The van der Waals surface area contributed by atoms with Gasteiger partial charge in [-0.1, -0.05) is 6.07 Å². The molecule has 0 saturated heterocycles. The molecule has 7 nitrogen and oxygen atoms in total. The number of nitrogens with zero attached hydrogens (tertiary/aromatic N) is 1. The minimum atomic E-state index is -3.69. The van der Waals surface area contributed by atoms with Gasteiger partial charge >= 0.3 is 0 Å². The molecule has 0 saturated carbocycles. The fourth-order valence-electron chi connectivity index (χ4n) is 3.03. The molecular formula is C20H26N2O5S. The fraction of sp³-hybridized carbons (Fsp3) is 0.350. The van der Waals surface area contributed by atoms with Gasteiger partial charge in [0.05, 0.1) is 31.9 Å². The highest BCUT2D eigenvalue weighted by Gasteiger charge is 2.30. The lowest BCUT2D eigenvalue weighted by Crippen LogP contribution is -2.45. The average molecular weight is 407 g/mol. The highest BCUT2D eigenvalue weighted by molar-refractivity contribution is 7.92. The molecule has 2 aromatic rings. The van der Waals surface area contributed by atoms with Crippen molar-refractivity contribution in [1.29, 1.82) is 0 Å². The lowest BCUT2D eigenvalue weighted by molar-refractivity contribution is -0.116. The third kappa shape index (κ3) is 4.95. The van der Waals surface area contributed by atoms with Crippen molar-refractivity contribution in [3.63, 3.8) is 0 Å². The normalized spacial score (nSPS) is 12.2. The van der Waals surface area contributed by atoms with Crippen molar-refractivity contribution in [3.05, 3.63) is 47.5 Å². The smallest absolute Gasteiger partial charge is 0.248 e. The van der Waals surface area contributed by atoms with Gasteiger partial charge in [0.1, 0.15) is 17.5 Å². The van der Waals surface area contributed by atoms with E-state index in [1.54, 1.807) is 37.3 Å². The van der Waals surface area contributed by atoms with Crippen LogP contribution >= 0.6 is 0 Å². The minimum absolute atomic E-state index is 0.414. The van der Waals surface area contributed by atoms with E-state index in [0.717, 1.165) is 21.7 Å². The van der Waals surface area contributed by atoms with Gasteiger partial charge in [0.25, 0.3) is 0 Å². The van der Waals surface area contributed by atoms with Crippen LogP contribution in [0.15, 0.2) is 36.4 Å². The van der Waals surface area contributed by atoms with Crippen LogP contribution in [0.4, 0.5) is 11.4 Å². The maximum atomic E-state index is 12.9. The van der Waals surface area contributed by atoms with Gasteiger partial charge in [0.15, 0.2) is 0 Å². The summed E-state index contributed by atoms with van der Waals surface area (Å²) in [5.74, 6) is 0.515. The maximum Gasteiger partial charge on any atom is 0.248 e. The molecule has 8 heteroatoms. The van der Waals surface area contributed by atoms with Gasteiger partial charge < -0.3 is 14.8 Å². The number of carbonyl (C=O) groups excluding carboxylic acids is 1. The topological polar surface area (TPSA) is 84.9 Å². The Hall–Kier alpha value is -2.74. The predicted octanol–water partition coefficient (Wildman–Crippen LogP) is 3.11. The molecule has 0 aliphatic carbocycles. The number of hydrogen-bond donors (Lipinski definition) is 1. The molecule has 0 spiro atoms. The number of rotatable bonds is 7. The molecule has 1 N–H and O–H groups in total. The van der Waals surface area contributed by atoms with Crippen molar-refractivity contribution in [2.75, 3.05) is 30.1 Å². The Balaban J connectivity index is 2.37. The van der Waals surface area contributed by atoms with E-state index in [4.69, 9.17) is 9.47 Å². The van der Waals surface area contributed by atoms with Crippen molar-refractivity contribution in [3.8, 4) is 11.5 Å². The quantitative estimate of drug-likeness (QED) is 0.764. The van der Waals surface area contributed by atoms with E-state index in [0.29, 0.717) is 22.9 Å². The molecule has 1 atom stereocenters. The Bertz CT molecular complexity index is 952. The van der Waals surface area contributed by atoms with Crippen LogP contribution in [-0.2, 0) is 14.8 Å². The van der Waals surface area contributed by atoms with Gasteiger partial charge in [0, 0.05) is 6.07 Å². The molecule has 1 amide bonds. The van der Waals surface area contributed by atoms with Gasteiger partial charge in [-0.3, -0.25) is 9.10 Å². The average Bonchev–Trinajstić information content (AvgIpc) is 2.60. The van der Waals surface area contributed by atoms with E-state index in [-0.39, 0.29) is 0 Å². The van der Waals surface area contributed by atoms with Crippen molar-refractivity contribution < 1.29 is 22.7 Å². The molecule has 28 heavy (non-hydrogen) atoms. The second kappa shape index (κ2) is 8.52. The molecule has 0 heterocycles. The second-order valence-electron chi connectivity index (χ2n) is 6.64. The lowest BCUT2D eigenvalue weighted by Gasteiger charge is -2.29. The molecule has 0 bridgehead atoms. The summed E-state index contributed by atoms with van der Waals surface area (Å²) in [6.07, 6.45) is 1.09. The zero-order chi connectivity index (χ0) is 21.1. The van der Waals surface area contributed by atoms with E-state index in [1.165, 1.54) is 14.2 Å². The summed E-state index contributed by atoms with van der Waals surface area (Å²) in [6.45, 7) is 5.30. The Morgan fingerprint density at radius 2 is 1.64 bits per heavy atom. The molecule has 1 unspecified atom stereocenters. The molecule has 0 aliphatic heterocycles. The standard InChI is InChI=1S/C20H26N2O5S/c1-13-9-14(2)11-16(10-13)22(28(6,24)25)15(3)20(23)21-18-8-7-17(26-4)12-19(18)27-5/h7-12,15H,1-6H3,(H,21,23). The van der Waals surface area contributed by atoms with Crippen molar-refractivity contribution in [2.45, 2.75) is 26.8 Å². The van der Waals surface area contributed by atoms with Gasteiger partial charge in [-0.15, -0.1) is 0 Å². The number of benzene rings is 2. The number of amides is 1. The number of anilines is 2. The Morgan fingerprint density at radius 3 is 2.14 bits per heavy atom. The summed E-state index contributed by atoms with van der Waals surface area (Å²) in [5, 5.41) is 2.74. The van der Waals surface area contributed by atoms with Crippen LogP contribution in [0.25, 0.3) is 0 Å². The molecule has 0 aliphatic rings. The SMILES string of the molecule is COc1ccc(NC(=O)C(C)N(c2cc(C)cc(C)c2)S(C)(=O)=O)c(OC)c1. The Labute approximate surface area is 166 Å². The van der Waals surface area contributed by atoms with Crippen LogP contribution < -0.4 is 19.1 Å². The molecular weight excluding hydrogens is 380 g/mol. The number of sulfonamides is 1. The third-order valence-corrected chi connectivity index (χ3v) is 5.46. The summed E-state index contributed by atoms with van der Waals surface area (Å²) < 4.78 is 36.5. The maximum absolute atomic E-state index is 12.9. The van der Waals surface area contributed by atoms with Gasteiger partial charge in [-0.25, -0.2) is 8.42 Å². The third-order valence-electron chi connectivity index (χ3n) is 4.22. The van der Waals surface area contributed by atoms with Crippen LogP contribution in [0.3, 0.4) is 0 Å². The van der Waals surface area contributed by atoms with Crippen LogP contribution in [0.5, 0.6) is 11.5 Å².